The van der Waals surface area contributed by atoms with Crippen molar-refractivity contribution in [1.29, 1.82) is 0 Å². The smallest absolute Gasteiger partial charge is 0.285 e. The highest BCUT2D eigenvalue weighted by Crippen LogP contribution is 2.30. The molecule has 0 saturated carbocycles. The number of benzene rings is 1. The molecule has 13 nitrogen and oxygen atoms in total. The van der Waals surface area contributed by atoms with E-state index in [0.29, 0.717) is 47.1 Å². The molecule has 0 unspecified atom stereocenters. The lowest BCUT2D eigenvalue weighted by Gasteiger charge is -2.23. The summed E-state index contributed by atoms with van der Waals surface area (Å²) in [4.78, 5) is 45.7. The molecule has 2 atom stereocenters. The molecular weight excluding hydrogens is 596 g/mol. The zero-order valence-electron chi connectivity index (χ0n) is 24.3. The number of hydrogen-bond acceptors (Lipinski definition) is 11. The predicted molar refractivity (Wildman–Crippen MR) is 163 cm³/mol. The number of fused-ring (bicyclic) bond motifs is 1. The molecule has 4 aromatic rings. The normalized spacial score (nSPS) is 15.9. The Hall–Kier alpha value is -4.30. The number of rotatable bonds is 8. The average Bonchev–Trinajstić information content (AvgIpc) is 3.40. The lowest BCUT2D eigenvalue weighted by Crippen LogP contribution is -2.32. The standard InChI is InChI=1S/C28H31ClN8O5S/c1-15-10-20(16(2)32-22-6-7-23(29)33-25(22)26(38)35-43(5,40)41)24-21(11-15)27(39)36(4)28(34-24)37-9-8-18(14-37)42-19-12-30-17(3)31-13-19/h6-7,10-13,16,18,32H,8-9,14H2,1-5H3,(H,35,38)/t16-,18+/m1/s1. The molecule has 0 bridgehead atoms. The van der Waals surface area contributed by atoms with Gasteiger partial charge in [-0.15, -0.1) is 0 Å². The van der Waals surface area contributed by atoms with Crippen molar-refractivity contribution < 1.29 is 17.9 Å². The van der Waals surface area contributed by atoms with Crippen molar-refractivity contribution in [1.82, 2.24) is 29.2 Å². The molecule has 0 radical (unpaired) electrons. The molecule has 5 rings (SSSR count). The molecule has 1 aromatic carbocycles. The third-order valence-electron chi connectivity index (χ3n) is 7.01. The van der Waals surface area contributed by atoms with Crippen LogP contribution in [0.15, 0.2) is 41.5 Å². The number of pyridine rings is 1. The van der Waals surface area contributed by atoms with E-state index < -0.39 is 22.0 Å². The van der Waals surface area contributed by atoms with Gasteiger partial charge in [-0.1, -0.05) is 17.7 Å². The molecule has 1 aliphatic rings. The summed E-state index contributed by atoms with van der Waals surface area (Å²) < 4.78 is 32.9. The number of nitrogens with zero attached hydrogens (tertiary/aromatic N) is 6. The fourth-order valence-electron chi connectivity index (χ4n) is 5.05. The van der Waals surface area contributed by atoms with Crippen LogP contribution < -0.4 is 25.2 Å². The van der Waals surface area contributed by atoms with Crippen molar-refractivity contribution in [3.8, 4) is 5.75 Å². The van der Waals surface area contributed by atoms with Crippen LogP contribution in [0.4, 0.5) is 11.6 Å². The molecule has 2 N–H and O–H groups in total. The summed E-state index contributed by atoms with van der Waals surface area (Å²) in [6.45, 7) is 6.69. The van der Waals surface area contributed by atoms with E-state index in [4.69, 9.17) is 21.3 Å². The number of aromatic nitrogens is 5. The zero-order chi connectivity index (χ0) is 31.1. The van der Waals surface area contributed by atoms with Crippen LogP contribution in [0.3, 0.4) is 0 Å². The molecule has 1 fully saturated rings. The van der Waals surface area contributed by atoms with Crippen molar-refractivity contribution in [3.05, 3.63) is 74.8 Å². The Labute approximate surface area is 253 Å². The molecule has 1 amide bonds. The second-order valence-electron chi connectivity index (χ2n) is 10.6. The summed E-state index contributed by atoms with van der Waals surface area (Å²) in [6, 6.07) is 6.28. The van der Waals surface area contributed by atoms with Gasteiger partial charge in [0.2, 0.25) is 16.0 Å². The third-order valence-corrected chi connectivity index (χ3v) is 7.78. The molecule has 15 heteroatoms. The van der Waals surface area contributed by atoms with Gasteiger partial charge >= 0.3 is 0 Å². The number of aryl methyl sites for hydroxylation is 2. The SMILES string of the molecule is Cc1cc([C@@H](C)Nc2ccc(Cl)nc2C(=O)NS(C)(=O)=O)c2nc(N3CC[C@H](Oc4cnc(C)nc4)C3)n(C)c(=O)c2c1. The number of carbonyl (C=O) groups excluding carboxylic acids is 1. The van der Waals surface area contributed by atoms with Crippen LogP contribution in [0.25, 0.3) is 10.9 Å². The van der Waals surface area contributed by atoms with E-state index in [1.165, 1.54) is 10.6 Å². The number of halogens is 1. The molecule has 226 valence electrons. The van der Waals surface area contributed by atoms with Crippen LogP contribution in [-0.4, -0.2) is 64.3 Å². The highest BCUT2D eigenvalue weighted by atomic mass is 35.5. The number of hydrogen-bond donors (Lipinski definition) is 2. The minimum absolute atomic E-state index is 0.0236. The minimum atomic E-state index is -3.84. The topological polar surface area (TPSA) is 161 Å². The van der Waals surface area contributed by atoms with E-state index in [9.17, 15) is 18.0 Å². The van der Waals surface area contributed by atoms with E-state index in [1.807, 2.05) is 29.5 Å². The van der Waals surface area contributed by atoms with Gasteiger partial charge in [0.25, 0.3) is 11.5 Å². The average molecular weight is 627 g/mol. The Morgan fingerprint density at radius 2 is 1.88 bits per heavy atom. The van der Waals surface area contributed by atoms with Gasteiger partial charge in [-0.3, -0.25) is 14.2 Å². The summed E-state index contributed by atoms with van der Waals surface area (Å²) in [5, 5.41) is 3.70. The van der Waals surface area contributed by atoms with Gasteiger partial charge in [0.15, 0.2) is 11.4 Å². The van der Waals surface area contributed by atoms with E-state index in [2.05, 4.69) is 20.3 Å². The Morgan fingerprint density at radius 3 is 2.58 bits per heavy atom. The number of sulfonamides is 1. The number of nitrogens with one attached hydrogen (secondary N) is 2. The third kappa shape index (κ3) is 6.70. The van der Waals surface area contributed by atoms with E-state index in [-0.39, 0.29) is 28.2 Å². The molecule has 43 heavy (non-hydrogen) atoms. The van der Waals surface area contributed by atoms with Gasteiger partial charge in [0.05, 0.1) is 47.8 Å². The summed E-state index contributed by atoms with van der Waals surface area (Å²) in [5.41, 5.74) is 1.94. The van der Waals surface area contributed by atoms with Crippen molar-refractivity contribution in [2.75, 3.05) is 29.6 Å². The minimum Gasteiger partial charge on any atom is -0.485 e. The highest BCUT2D eigenvalue weighted by Gasteiger charge is 2.28. The van der Waals surface area contributed by atoms with Gasteiger partial charge in [-0.2, -0.15) is 0 Å². The van der Waals surface area contributed by atoms with E-state index >= 15 is 0 Å². The lowest BCUT2D eigenvalue weighted by molar-refractivity contribution is 0.0977. The summed E-state index contributed by atoms with van der Waals surface area (Å²) >= 11 is 6.02. The first kappa shape index (κ1) is 30.2. The fourth-order valence-corrected chi connectivity index (χ4v) is 5.63. The molecule has 1 aliphatic heterocycles. The Morgan fingerprint density at radius 1 is 1.16 bits per heavy atom. The summed E-state index contributed by atoms with van der Waals surface area (Å²) in [5.74, 6) is 0.816. The molecule has 0 spiro atoms. The van der Waals surface area contributed by atoms with E-state index in [0.717, 1.165) is 18.2 Å². The summed E-state index contributed by atoms with van der Waals surface area (Å²) in [6.07, 6.45) is 4.75. The second kappa shape index (κ2) is 11.8. The summed E-state index contributed by atoms with van der Waals surface area (Å²) in [7, 11) is -2.14. The largest absolute Gasteiger partial charge is 0.485 e. The van der Waals surface area contributed by atoms with Gasteiger partial charge < -0.3 is 15.0 Å². The van der Waals surface area contributed by atoms with Crippen LogP contribution in [0.1, 0.15) is 46.8 Å². The maximum atomic E-state index is 13.6. The van der Waals surface area contributed by atoms with Crippen molar-refractivity contribution >= 4 is 50.1 Å². The van der Waals surface area contributed by atoms with Gasteiger partial charge in [-0.05, 0) is 44.5 Å². The Kier molecular flexibility index (Phi) is 8.25. The number of carbonyl (C=O) groups is 1. The Bertz CT molecular complexity index is 1880. The van der Waals surface area contributed by atoms with Gasteiger partial charge in [0.1, 0.15) is 17.1 Å². The molecular formula is C28H31ClN8O5S. The maximum Gasteiger partial charge on any atom is 0.285 e. The van der Waals surface area contributed by atoms with Crippen molar-refractivity contribution in [2.24, 2.45) is 7.05 Å². The van der Waals surface area contributed by atoms with Crippen LogP contribution in [0.2, 0.25) is 5.15 Å². The van der Waals surface area contributed by atoms with Crippen LogP contribution >= 0.6 is 11.6 Å². The van der Waals surface area contributed by atoms with Gasteiger partial charge in [-0.25, -0.2) is 33.1 Å². The first-order valence-corrected chi connectivity index (χ1v) is 15.7. The first-order valence-electron chi connectivity index (χ1n) is 13.5. The van der Waals surface area contributed by atoms with E-state index in [1.54, 1.807) is 38.5 Å². The molecule has 3 aromatic heterocycles. The van der Waals surface area contributed by atoms with Crippen LogP contribution in [-0.2, 0) is 17.1 Å². The number of ether oxygens (including phenoxy) is 1. The highest BCUT2D eigenvalue weighted by molar-refractivity contribution is 7.89. The maximum absolute atomic E-state index is 13.6. The van der Waals surface area contributed by atoms with Gasteiger partial charge in [0, 0.05) is 25.6 Å². The first-order chi connectivity index (χ1) is 20.3. The molecule has 0 aliphatic carbocycles. The second-order valence-corrected chi connectivity index (χ2v) is 12.7. The van der Waals surface area contributed by atoms with Crippen molar-refractivity contribution in [3.63, 3.8) is 0 Å². The Balaban J connectivity index is 1.48. The quantitative estimate of drug-likeness (QED) is 0.277. The number of amides is 1. The number of anilines is 2. The lowest BCUT2D eigenvalue weighted by atomic mass is 10.0. The fraction of sp³-hybridized carbons (Fsp3) is 0.357. The van der Waals surface area contributed by atoms with Crippen molar-refractivity contribution in [2.45, 2.75) is 39.3 Å². The van der Waals surface area contributed by atoms with Crippen LogP contribution in [0, 0.1) is 13.8 Å². The van der Waals surface area contributed by atoms with Crippen LogP contribution in [0.5, 0.6) is 5.75 Å². The predicted octanol–water partition coefficient (Wildman–Crippen LogP) is 2.91. The zero-order valence-corrected chi connectivity index (χ0v) is 25.8. The molecule has 1 saturated heterocycles. The monoisotopic (exact) mass is 626 g/mol. The molecule has 4 heterocycles.